The van der Waals surface area contributed by atoms with Crippen LogP contribution in [0.2, 0.25) is 0 Å². The summed E-state index contributed by atoms with van der Waals surface area (Å²) in [4.78, 5) is 2.54. The minimum atomic E-state index is 0.354. The smallest absolute Gasteiger partial charge is 0.0148 e. The van der Waals surface area contributed by atoms with Crippen molar-refractivity contribution >= 4 is 0 Å². The number of piperidine rings is 1. The zero-order valence-electron chi connectivity index (χ0n) is 11.7. The molecule has 0 spiro atoms. The van der Waals surface area contributed by atoms with Crippen molar-refractivity contribution in [2.45, 2.75) is 70.9 Å². The lowest BCUT2D eigenvalue weighted by molar-refractivity contribution is 0.170. The van der Waals surface area contributed by atoms with Gasteiger partial charge in [0, 0.05) is 11.6 Å². The molecule has 0 radical (unpaired) electrons. The number of hydrogen-bond acceptors (Lipinski definition) is 2. The van der Waals surface area contributed by atoms with Gasteiger partial charge in [-0.05, 0) is 59.2 Å². The Morgan fingerprint density at radius 2 is 1.94 bits per heavy atom. The summed E-state index contributed by atoms with van der Waals surface area (Å²) in [5.41, 5.74) is 0.354. The lowest BCUT2D eigenvalue weighted by atomic mass is 9.94. The van der Waals surface area contributed by atoms with Crippen LogP contribution < -0.4 is 5.32 Å². The summed E-state index contributed by atoms with van der Waals surface area (Å²) in [6.45, 7) is 9.38. The number of nitrogens with zero attached hydrogens (tertiary/aromatic N) is 1. The molecule has 2 heteroatoms. The molecule has 16 heavy (non-hydrogen) atoms. The van der Waals surface area contributed by atoms with Gasteiger partial charge < -0.3 is 10.2 Å². The Labute approximate surface area is 102 Å². The fraction of sp³-hybridized carbons (Fsp3) is 1.00. The molecule has 0 aromatic carbocycles. The Bertz CT molecular complexity index is 187. The molecule has 0 amide bonds. The molecular weight excluding hydrogens is 196 g/mol. The largest absolute Gasteiger partial charge is 0.311 e. The molecule has 1 heterocycles. The van der Waals surface area contributed by atoms with E-state index in [1.165, 1.54) is 51.6 Å². The normalized spacial score (nSPS) is 23.6. The summed E-state index contributed by atoms with van der Waals surface area (Å²) in [6.07, 6.45) is 7.98. The van der Waals surface area contributed by atoms with E-state index in [9.17, 15) is 0 Å². The standard InChI is InChI=1S/C14H30N2/c1-5-14(3,6-2)15-11-10-13-9-7-8-12-16(13)4/h13,15H,5-12H2,1-4H3. The molecule has 0 aromatic heterocycles. The number of hydrogen-bond donors (Lipinski definition) is 1. The molecule has 1 atom stereocenters. The van der Waals surface area contributed by atoms with Gasteiger partial charge in [-0.2, -0.15) is 0 Å². The van der Waals surface area contributed by atoms with Crippen molar-refractivity contribution in [3.8, 4) is 0 Å². The van der Waals surface area contributed by atoms with Crippen LogP contribution in [0.1, 0.15) is 59.3 Å². The number of nitrogens with one attached hydrogen (secondary N) is 1. The van der Waals surface area contributed by atoms with Gasteiger partial charge in [0.2, 0.25) is 0 Å². The van der Waals surface area contributed by atoms with E-state index in [2.05, 4.69) is 38.0 Å². The van der Waals surface area contributed by atoms with E-state index < -0.39 is 0 Å². The molecule has 1 N–H and O–H groups in total. The molecule has 0 aromatic rings. The fourth-order valence-electron chi connectivity index (χ4n) is 2.55. The number of rotatable bonds is 6. The van der Waals surface area contributed by atoms with Gasteiger partial charge in [0.1, 0.15) is 0 Å². The quantitative estimate of drug-likeness (QED) is 0.749. The van der Waals surface area contributed by atoms with Crippen LogP contribution in [-0.2, 0) is 0 Å². The maximum atomic E-state index is 3.74. The van der Waals surface area contributed by atoms with Crippen molar-refractivity contribution in [3.63, 3.8) is 0 Å². The van der Waals surface area contributed by atoms with Crippen LogP contribution in [0.3, 0.4) is 0 Å². The maximum Gasteiger partial charge on any atom is 0.0148 e. The Balaban J connectivity index is 2.23. The van der Waals surface area contributed by atoms with Crippen molar-refractivity contribution in [3.05, 3.63) is 0 Å². The maximum absolute atomic E-state index is 3.74. The molecule has 1 unspecified atom stereocenters. The van der Waals surface area contributed by atoms with E-state index in [0.29, 0.717) is 5.54 Å². The summed E-state index contributed by atoms with van der Waals surface area (Å²) < 4.78 is 0. The molecule has 2 nitrogen and oxygen atoms in total. The van der Waals surface area contributed by atoms with Crippen molar-refractivity contribution in [2.75, 3.05) is 20.1 Å². The van der Waals surface area contributed by atoms with Gasteiger partial charge in [-0.25, -0.2) is 0 Å². The topological polar surface area (TPSA) is 15.3 Å². The molecular formula is C14H30N2. The van der Waals surface area contributed by atoms with Gasteiger partial charge in [-0.3, -0.25) is 0 Å². The van der Waals surface area contributed by atoms with Crippen LogP contribution in [0.25, 0.3) is 0 Å². The van der Waals surface area contributed by atoms with Crippen LogP contribution >= 0.6 is 0 Å². The van der Waals surface area contributed by atoms with E-state index >= 15 is 0 Å². The van der Waals surface area contributed by atoms with Crippen molar-refractivity contribution < 1.29 is 0 Å². The first-order chi connectivity index (χ1) is 7.61. The molecule has 1 saturated heterocycles. The van der Waals surface area contributed by atoms with Crippen LogP contribution in [0, 0.1) is 0 Å². The second-order valence-corrected chi connectivity index (χ2v) is 5.61. The van der Waals surface area contributed by atoms with Gasteiger partial charge >= 0.3 is 0 Å². The predicted octanol–water partition coefficient (Wildman–Crippen LogP) is 3.03. The summed E-state index contributed by atoms with van der Waals surface area (Å²) in [6, 6.07) is 0.819. The molecule has 0 saturated carbocycles. The lowest BCUT2D eigenvalue weighted by Crippen LogP contribution is -2.44. The molecule has 1 rings (SSSR count). The third kappa shape index (κ3) is 4.06. The predicted molar refractivity (Wildman–Crippen MR) is 71.9 cm³/mol. The Hall–Kier alpha value is -0.0800. The van der Waals surface area contributed by atoms with E-state index in [0.717, 1.165) is 6.04 Å². The van der Waals surface area contributed by atoms with Crippen LogP contribution in [0.4, 0.5) is 0 Å². The van der Waals surface area contributed by atoms with Gasteiger partial charge in [0.05, 0.1) is 0 Å². The molecule has 0 aliphatic carbocycles. The SMILES string of the molecule is CCC(C)(CC)NCCC1CCCCN1C. The highest BCUT2D eigenvalue weighted by atomic mass is 15.1. The van der Waals surface area contributed by atoms with Crippen molar-refractivity contribution in [1.29, 1.82) is 0 Å². The second-order valence-electron chi connectivity index (χ2n) is 5.61. The summed E-state index contributed by atoms with van der Waals surface area (Å²) in [7, 11) is 2.28. The summed E-state index contributed by atoms with van der Waals surface area (Å²) in [5, 5.41) is 3.74. The van der Waals surface area contributed by atoms with Crippen LogP contribution in [0.5, 0.6) is 0 Å². The molecule has 96 valence electrons. The molecule has 0 bridgehead atoms. The highest BCUT2D eigenvalue weighted by molar-refractivity contribution is 4.81. The van der Waals surface area contributed by atoms with Crippen LogP contribution in [-0.4, -0.2) is 36.6 Å². The third-order valence-corrected chi connectivity index (χ3v) is 4.51. The van der Waals surface area contributed by atoms with E-state index in [1.807, 2.05) is 0 Å². The zero-order valence-corrected chi connectivity index (χ0v) is 11.7. The molecule has 1 aliphatic rings. The van der Waals surface area contributed by atoms with E-state index in [4.69, 9.17) is 0 Å². The monoisotopic (exact) mass is 226 g/mol. The van der Waals surface area contributed by atoms with Gasteiger partial charge in [0.25, 0.3) is 0 Å². The molecule has 1 aliphatic heterocycles. The van der Waals surface area contributed by atoms with E-state index in [-0.39, 0.29) is 0 Å². The van der Waals surface area contributed by atoms with E-state index in [1.54, 1.807) is 0 Å². The summed E-state index contributed by atoms with van der Waals surface area (Å²) in [5.74, 6) is 0. The molecule has 1 fully saturated rings. The second kappa shape index (κ2) is 6.61. The minimum Gasteiger partial charge on any atom is -0.311 e. The number of likely N-dealkylation sites (tertiary alicyclic amines) is 1. The Morgan fingerprint density at radius 3 is 2.50 bits per heavy atom. The first-order valence-electron chi connectivity index (χ1n) is 7.06. The van der Waals surface area contributed by atoms with Crippen molar-refractivity contribution in [2.24, 2.45) is 0 Å². The Kier molecular flexibility index (Phi) is 5.77. The first-order valence-corrected chi connectivity index (χ1v) is 7.06. The zero-order chi connectivity index (χ0) is 12.0. The highest BCUT2D eigenvalue weighted by Crippen LogP contribution is 2.18. The average molecular weight is 226 g/mol. The minimum absolute atomic E-state index is 0.354. The van der Waals surface area contributed by atoms with Crippen LogP contribution in [0.15, 0.2) is 0 Å². The van der Waals surface area contributed by atoms with Crippen molar-refractivity contribution in [1.82, 2.24) is 10.2 Å². The van der Waals surface area contributed by atoms with Gasteiger partial charge in [-0.15, -0.1) is 0 Å². The first kappa shape index (κ1) is 14.0. The Morgan fingerprint density at radius 1 is 1.25 bits per heavy atom. The highest BCUT2D eigenvalue weighted by Gasteiger charge is 2.21. The lowest BCUT2D eigenvalue weighted by Gasteiger charge is -2.34. The van der Waals surface area contributed by atoms with Gasteiger partial charge in [0.15, 0.2) is 0 Å². The third-order valence-electron chi connectivity index (χ3n) is 4.51. The summed E-state index contributed by atoms with van der Waals surface area (Å²) >= 11 is 0. The average Bonchev–Trinajstić information content (AvgIpc) is 2.31. The fourth-order valence-corrected chi connectivity index (χ4v) is 2.55. The van der Waals surface area contributed by atoms with Gasteiger partial charge in [-0.1, -0.05) is 20.3 Å².